The van der Waals surface area contributed by atoms with Crippen LogP contribution in [-0.2, 0) is 16.0 Å². The fraction of sp³-hybridized carbons (Fsp3) is 0.708. The molecule has 1 aromatic carbocycles. The van der Waals surface area contributed by atoms with E-state index in [-0.39, 0.29) is 35.6 Å². The Kier molecular flexibility index (Phi) is 4.84. The number of ether oxygens (including phenoxy) is 2. The Morgan fingerprint density at radius 2 is 1.97 bits per heavy atom. The summed E-state index contributed by atoms with van der Waals surface area (Å²) in [4.78, 5) is 11.4. The van der Waals surface area contributed by atoms with E-state index >= 15 is 0 Å². The summed E-state index contributed by atoms with van der Waals surface area (Å²) < 4.78 is 36.4. The number of carbonyl (C=O) groups is 1. The molecule has 1 aliphatic heterocycles. The molecule has 0 bridgehead atoms. The van der Waals surface area contributed by atoms with E-state index in [0.717, 1.165) is 5.56 Å². The molecule has 5 rings (SSSR count). The van der Waals surface area contributed by atoms with Crippen LogP contribution >= 0.6 is 0 Å². The molecule has 3 fully saturated rings. The summed E-state index contributed by atoms with van der Waals surface area (Å²) in [6.07, 6.45) is -9.55. The third-order valence-corrected chi connectivity index (χ3v) is 8.35. The van der Waals surface area contributed by atoms with Gasteiger partial charge in [-0.25, -0.2) is 4.79 Å². The predicted octanol–water partition coefficient (Wildman–Crippen LogP) is 0.145. The molecule has 0 aromatic heterocycles. The van der Waals surface area contributed by atoms with E-state index in [1.54, 1.807) is 6.07 Å². The molecule has 2 saturated carbocycles. The van der Waals surface area contributed by atoms with Crippen LogP contribution in [-0.4, -0.2) is 79.5 Å². The molecule has 6 N–H and O–H groups in total. The number of fused-ring (bicyclic) bond motifs is 5. The Balaban J connectivity index is 1.44. The normalized spacial score (nSPS) is 50.2. The highest BCUT2D eigenvalue weighted by Crippen LogP contribution is 2.61. The van der Waals surface area contributed by atoms with Gasteiger partial charge >= 0.3 is 5.97 Å². The van der Waals surface area contributed by atoms with Gasteiger partial charge in [-0.15, -0.1) is 0 Å². The van der Waals surface area contributed by atoms with E-state index in [1.807, 2.05) is 6.92 Å². The monoisotopic (exact) mass is 467 g/mol. The fourth-order valence-corrected chi connectivity index (χ4v) is 6.54. The zero-order valence-corrected chi connectivity index (χ0v) is 18.2. The van der Waals surface area contributed by atoms with Crippen LogP contribution in [0.25, 0.3) is 0 Å². The second kappa shape index (κ2) is 8.18. The number of rotatable bonds is 3. The van der Waals surface area contributed by atoms with Crippen LogP contribution in [0.1, 0.15) is 53.8 Å². The minimum atomic E-state index is -1.92. The lowest BCUT2D eigenvalue weighted by Gasteiger charge is -2.50. The third kappa shape index (κ3) is 3.57. The quantitative estimate of drug-likeness (QED) is 0.364. The van der Waals surface area contributed by atoms with Gasteiger partial charge in [-0.05, 0) is 78.5 Å². The molecule has 1 aromatic rings. The number of aliphatic carboxylic acids is 1. The van der Waals surface area contributed by atoms with E-state index in [2.05, 4.69) is 0 Å². The smallest absolute Gasteiger partial charge is 0.335 e. The number of carboxylic acids is 1. The molecule has 9 heteroatoms. The Bertz CT molecular complexity index is 1070. The average molecular weight is 468 g/mol. The number of hydrogen-bond donors (Lipinski definition) is 6. The van der Waals surface area contributed by atoms with E-state index in [9.17, 15) is 35.4 Å². The predicted molar refractivity (Wildman–Crippen MR) is 113 cm³/mol. The Hall–Kier alpha value is -1.75. The number of benzene rings is 1. The lowest BCUT2D eigenvalue weighted by molar-refractivity contribution is -0.271. The van der Waals surface area contributed by atoms with Crippen LogP contribution in [0.4, 0.5) is 0 Å². The van der Waals surface area contributed by atoms with Crippen molar-refractivity contribution in [2.24, 2.45) is 17.3 Å². The van der Waals surface area contributed by atoms with Gasteiger partial charge in [-0.2, -0.15) is 0 Å². The first-order valence-electron chi connectivity index (χ1n) is 12.9. The van der Waals surface area contributed by atoms with Crippen molar-refractivity contribution >= 4 is 5.97 Å². The van der Waals surface area contributed by atoms with Crippen molar-refractivity contribution in [3.63, 3.8) is 0 Å². The average Bonchev–Trinajstić information content (AvgIpc) is 3.00. The van der Waals surface area contributed by atoms with Gasteiger partial charge in [0.15, 0.2) is 6.10 Å². The molecule has 33 heavy (non-hydrogen) atoms. The molecular formula is C24H32O9. The molecule has 1 heterocycles. The molecular weight excluding hydrogens is 432 g/mol. The van der Waals surface area contributed by atoms with Gasteiger partial charge in [0.25, 0.3) is 0 Å². The Labute approximate surface area is 195 Å². The van der Waals surface area contributed by atoms with E-state index in [0.29, 0.717) is 37.7 Å². The zero-order valence-electron chi connectivity index (χ0n) is 21.2. The molecule has 0 amide bonds. The summed E-state index contributed by atoms with van der Waals surface area (Å²) in [6, 6.07) is 1.34. The largest absolute Gasteiger partial charge is 0.479 e. The summed E-state index contributed by atoms with van der Waals surface area (Å²) >= 11 is 0. The topological polar surface area (TPSA) is 157 Å². The van der Waals surface area contributed by atoms with E-state index < -0.39 is 54.3 Å². The van der Waals surface area contributed by atoms with Crippen LogP contribution in [0.15, 0.2) is 18.2 Å². The van der Waals surface area contributed by atoms with Crippen LogP contribution in [0.5, 0.6) is 5.75 Å². The van der Waals surface area contributed by atoms with Crippen molar-refractivity contribution in [2.75, 3.05) is 0 Å². The minimum absolute atomic E-state index is 0.0138. The molecule has 3 aliphatic carbocycles. The van der Waals surface area contributed by atoms with Crippen molar-refractivity contribution in [3.05, 3.63) is 29.3 Å². The van der Waals surface area contributed by atoms with Gasteiger partial charge < -0.3 is 40.1 Å². The SMILES string of the molecule is [2H]c1cc2c(c([2H])c1O[C@@H]1O[C@H](C(=O)O)[C@@H](O)C(O)C1O)CC[C@@H]1[C@@H]2CC[C@@]2(C)[C@H]1C[C@@H](O)[C@]2([2H])O. The molecule has 0 radical (unpaired) electrons. The zero-order chi connectivity index (χ0) is 26.3. The van der Waals surface area contributed by atoms with Crippen molar-refractivity contribution < 1.29 is 49.0 Å². The lowest BCUT2D eigenvalue weighted by atomic mass is 9.55. The molecule has 11 atom stereocenters. The van der Waals surface area contributed by atoms with Gasteiger partial charge in [-0.1, -0.05) is 13.0 Å². The summed E-state index contributed by atoms with van der Waals surface area (Å²) in [6.45, 7) is 1.86. The summed E-state index contributed by atoms with van der Waals surface area (Å²) in [5, 5.41) is 60.6. The highest BCUT2D eigenvalue weighted by atomic mass is 16.7. The first-order valence-corrected chi connectivity index (χ1v) is 11.4. The maximum Gasteiger partial charge on any atom is 0.335 e. The molecule has 182 valence electrons. The van der Waals surface area contributed by atoms with Gasteiger partial charge in [0.2, 0.25) is 6.29 Å². The molecule has 4 aliphatic rings. The maximum atomic E-state index is 11.4. The second-order valence-corrected chi connectivity index (χ2v) is 10.0. The maximum absolute atomic E-state index is 11.4. The Morgan fingerprint density at radius 3 is 2.70 bits per heavy atom. The van der Waals surface area contributed by atoms with Crippen LogP contribution < -0.4 is 4.74 Å². The first kappa shape index (κ1) is 19.5. The van der Waals surface area contributed by atoms with Gasteiger partial charge in [0, 0.05) is 0 Å². The molecule has 9 nitrogen and oxygen atoms in total. The van der Waals surface area contributed by atoms with Gasteiger partial charge in [-0.3, -0.25) is 0 Å². The first-order chi connectivity index (χ1) is 16.8. The highest BCUT2D eigenvalue weighted by molar-refractivity contribution is 5.73. The number of carboxylic acid groups (broad SMARTS) is 1. The molecule has 2 unspecified atom stereocenters. The summed E-state index contributed by atoms with van der Waals surface area (Å²) in [5.41, 5.74) is 0.725. The number of hydrogen-bond acceptors (Lipinski definition) is 8. The number of aliphatic hydroxyl groups is 5. The molecule has 0 spiro atoms. The van der Waals surface area contributed by atoms with Crippen molar-refractivity contribution in [3.8, 4) is 5.75 Å². The standard InChI is InChI=1S/C24H32O9/c1-24-7-6-13-12-5-3-11(32-23-19(28)17(26)18(27)20(33-23)22(30)31)8-10(12)2-4-14(13)15(24)9-16(25)21(24)29/h3,5,8,13-21,23,25-29H,2,4,6-7,9H2,1H3,(H,30,31)/t13-,14-,15+,16-,17?,18+,19?,20+,21+,23-,24+/m1/s1/i3D,8D,21D. The van der Waals surface area contributed by atoms with Crippen LogP contribution in [0.3, 0.4) is 0 Å². The minimum Gasteiger partial charge on any atom is -0.479 e. The van der Waals surface area contributed by atoms with Gasteiger partial charge in [0.1, 0.15) is 24.1 Å². The third-order valence-electron chi connectivity index (χ3n) is 8.35. The molecule has 1 saturated heterocycles. The lowest BCUT2D eigenvalue weighted by Crippen LogP contribution is -2.61. The van der Waals surface area contributed by atoms with Gasteiger partial charge in [0.05, 0.1) is 16.3 Å². The highest BCUT2D eigenvalue weighted by Gasteiger charge is 2.57. The number of aliphatic hydroxyl groups excluding tert-OH is 4. The Morgan fingerprint density at radius 1 is 1.21 bits per heavy atom. The summed E-state index contributed by atoms with van der Waals surface area (Å²) in [5.74, 6) is -1.79. The van der Waals surface area contributed by atoms with Crippen LogP contribution in [0.2, 0.25) is 0 Å². The van der Waals surface area contributed by atoms with Crippen LogP contribution in [0, 0.1) is 17.3 Å². The second-order valence-electron chi connectivity index (χ2n) is 10.0. The van der Waals surface area contributed by atoms with Crippen molar-refractivity contribution in [1.82, 2.24) is 0 Å². The summed E-state index contributed by atoms with van der Waals surface area (Å²) in [7, 11) is 0. The fourth-order valence-electron chi connectivity index (χ4n) is 6.54. The van der Waals surface area contributed by atoms with E-state index in [4.69, 9.17) is 13.6 Å². The van der Waals surface area contributed by atoms with Crippen molar-refractivity contribution in [2.45, 2.75) is 87.8 Å². The van der Waals surface area contributed by atoms with E-state index in [1.165, 1.54) is 0 Å². The van der Waals surface area contributed by atoms with Crippen molar-refractivity contribution in [1.29, 1.82) is 0 Å².